The molecule has 1 N–H and O–H groups in total. The summed E-state index contributed by atoms with van der Waals surface area (Å²) in [7, 11) is 3.41. The zero-order valence-corrected chi connectivity index (χ0v) is 17.9. The fourth-order valence-corrected chi connectivity index (χ4v) is 4.99. The van der Waals surface area contributed by atoms with Gasteiger partial charge in [-0.2, -0.15) is 0 Å². The smallest absolute Gasteiger partial charge is 0.259 e. The molecule has 0 saturated carbocycles. The molecule has 0 bridgehead atoms. The first-order chi connectivity index (χ1) is 13.1. The number of nitrogens with zero attached hydrogens (tertiary/aromatic N) is 1. The van der Waals surface area contributed by atoms with Gasteiger partial charge in [0.25, 0.3) is 11.8 Å². The van der Waals surface area contributed by atoms with Crippen molar-refractivity contribution in [1.29, 1.82) is 0 Å². The number of benzene rings is 1. The van der Waals surface area contributed by atoms with E-state index in [-0.39, 0.29) is 16.9 Å². The van der Waals surface area contributed by atoms with E-state index in [1.54, 1.807) is 26.2 Å². The van der Waals surface area contributed by atoms with Gasteiger partial charge in [-0.3, -0.25) is 9.59 Å². The molecule has 0 unspecified atom stereocenters. The molecule has 0 radical (unpaired) electrons. The molecule has 2 aromatic rings. The van der Waals surface area contributed by atoms with E-state index >= 15 is 0 Å². The largest absolute Gasteiger partial charge is 0.345 e. The van der Waals surface area contributed by atoms with Gasteiger partial charge in [0.2, 0.25) is 0 Å². The van der Waals surface area contributed by atoms with E-state index in [1.807, 2.05) is 0 Å². The van der Waals surface area contributed by atoms with Gasteiger partial charge in [0.1, 0.15) is 10.8 Å². The standard InChI is InChI=1S/C22H27FN2O2S/c1-22(2,3)13-10-11-15-17(12-13)28-20(18(15)21(27)25(4)5)24-19(26)14-8-6-7-9-16(14)23/h6-9,13H,10-12H2,1-5H3,(H,24,26)/t13-/m1/s1. The van der Waals surface area contributed by atoms with Crippen LogP contribution in [-0.4, -0.2) is 30.8 Å². The Hall–Kier alpha value is -2.21. The van der Waals surface area contributed by atoms with Crippen LogP contribution in [-0.2, 0) is 12.8 Å². The summed E-state index contributed by atoms with van der Waals surface area (Å²) in [5, 5.41) is 3.33. The number of halogens is 1. The molecular weight excluding hydrogens is 375 g/mol. The van der Waals surface area contributed by atoms with Crippen molar-refractivity contribution in [2.45, 2.75) is 40.0 Å². The van der Waals surface area contributed by atoms with Gasteiger partial charge in [-0.1, -0.05) is 32.9 Å². The lowest BCUT2D eigenvalue weighted by Crippen LogP contribution is -2.28. The second kappa shape index (κ2) is 7.66. The van der Waals surface area contributed by atoms with Crippen molar-refractivity contribution in [3.05, 3.63) is 51.7 Å². The third-order valence-electron chi connectivity index (χ3n) is 5.46. The number of amides is 2. The molecule has 1 heterocycles. The number of carbonyl (C=O) groups is 2. The van der Waals surface area contributed by atoms with Crippen molar-refractivity contribution in [3.8, 4) is 0 Å². The number of nitrogens with one attached hydrogen (secondary N) is 1. The van der Waals surface area contributed by atoms with Gasteiger partial charge in [-0.05, 0) is 48.3 Å². The van der Waals surface area contributed by atoms with Crippen molar-refractivity contribution < 1.29 is 14.0 Å². The zero-order chi connectivity index (χ0) is 20.6. The highest BCUT2D eigenvalue weighted by molar-refractivity contribution is 7.17. The van der Waals surface area contributed by atoms with Gasteiger partial charge in [-0.25, -0.2) is 4.39 Å². The van der Waals surface area contributed by atoms with Crippen LogP contribution in [0.5, 0.6) is 0 Å². The number of carbonyl (C=O) groups excluding carboxylic acids is 2. The van der Waals surface area contributed by atoms with E-state index in [9.17, 15) is 14.0 Å². The Kier molecular flexibility index (Phi) is 5.62. The lowest BCUT2D eigenvalue weighted by atomic mass is 9.72. The molecule has 0 saturated heterocycles. The fraction of sp³-hybridized carbons (Fsp3) is 0.455. The number of hydrogen-bond donors (Lipinski definition) is 1. The number of fused-ring (bicyclic) bond motifs is 1. The van der Waals surface area contributed by atoms with E-state index in [0.717, 1.165) is 29.7 Å². The third-order valence-corrected chi connectivity index (χ3v) is 6.63. The predicted octanol–water partition coefficient (Wildman–Crippen LogP) is 4.99. The molecule has 1 aromatic carbocycles. The molecule has 1 atom stereocenters. The van der Waals surface area contributed by atoms with Crippen LogP contribution in [0.1, 0.15) is 58.3 Å². The topological polar surface area (TPSA) is 49.4 Å². The molecular formula is C22H27FN2O2S. The SMILES string of the molecule is CN(C)C(=O)c1c(NC(=O)c2ccccc2F)sc2c1CC[C@@H](C(C)(C)C)C2. The second-order valence-electron chi connectivity index (χ2n) is 8.65. The van der Waals surface area contributed by atoms with Crippen molar-refractivity contribution in [2.75, 3.05) is 19.4 Å². The highest BCUT2D eigenvalue weighted by atomic mass is 32.1. The normalized spacial score (nSPS) is 16.4. The van der Waals surface area contributed by atoms with Gasteiger partial charge in [0.05, 0.1) is 11.1 Å². The van der Waals surface area contributed by atoms with Crippen molar-refractivity contribution >= 4 is 28.2 Å². The van der Waals surface area contributed by atoms with E-state index in [2.05, 4.69) is 26.1 Å². The quantitative estimate of drug-likeness (QED) is 0.786. The van der Waals surface area contributed by atoms with E-state index < -0.39 is 11.7 Å². The Morgan fingerprint density at radius 3 is 2.50 bits per heavy atom. The Bertz CT molecular complexity index is 912. The maximum atomic E-state index is 14.0. The first-order valence-electron chi connectivity index (χ1n) is 9.51. The summed E-state index contributed by atoms with van der Waals surface area (Å²) in [4.78, 5) is 28.2. The maximum absolute atomic E-state index is 14.0. The molecule has 1 aliphatic carbocycles. The number of rotatable bonds is 3. The first-order valence-corrected chi connectivity index (χ1v) is 10.3. The molecule has 3 rings (SSSR count). The molecule has 0 spiro atoms. The van der Waals surface area contributed by atoms with Gasteiger partial charge in [0, 0.05) is 19.0 Å². The lowest BCUT2D eigenvalue weighted by molar-refractivity contribution is 0.0827. The first kappa shape index (κ1) is 20.5. The van der Waals surface area contributed by atoms with Crippen molar-refractivity contribution in [1.82, 2.24) is 4.90 Å². The molecule has 2 amide bonds. The Labute approximate surface area is 169 Å². The van der Waals surface area contributed by atoms with E-state index in [0.29, 0.717) is 16.5 Å². The monoisotopic (exact) mass is 402 g/mol. The van der Waals surface area contributed by atoms with Crippen LogP contribution in [0.15, 0.2) is 24.3 Å². The Morgan fingerprint density at radius 2 is 1.89 bits per heavy atom. The van der Waals surface area contributed by atoms with E-state index in [4.69, 9.17) is 0 Å². The van der Waals surface area contributed by atoms with Gasteiger partial charge in [-0.15, -0.1) is 11.3 Å². The Balaban J connectivity index is 1.99. The van der Waals surface area contributed by atoms with Crippen LogP contribution in [0.2, 0.25) is 0 Å². The summed E-state index contributed by atoms with van der Waals surface area (Å²) in [6.07, 6.45) is 2.73. The minimum absolute atomic E-state index is 0.0234. The molecule has 4 nitrogen and oxygen atoms in total. The van der Waals surface area contributed by atoms with Crippen LogP contribution < -0.4 is 5.32 Å². The zero-order valence-electron chi connectivity index (χ0n) is 17.1. The summed E-state index contributed by atoms with van der Waals surface area (Å²) in [5.41, 5.74) is 1.75. The van der Waals surface area contributed by atoms with Gasteiger partial charge >= 0.3 is 0 Å². The number of hydrogen-bond acceptors (Lipinski definition) is 3. The van der Waals surface area contributed by atoms with Gasteiger partial charge < -0.3 is 10.2 Å². The third kappa shape index (κ3) is 3.97. The van der Waals surface area contributed by atoms with Crippen LogP contribution in [0.4, 0.5) is 9.39 Å². The molecule has 1 aliphatic rings. The van der Waals surface area contributed by atoms with Crippen molar-refractivity contribution in [3.63, 3.8) is 0 Å². The molecule has 0 fully saturated rings. The summed E-state index contributed by atoms with van der Waals surface area (Å²) in [5.74, 6) is -0.710. The van der Waals surface area contributed by atoms with E-state index in [1.165, 1.54) is 28.4 Å². The summed E-state index contributed by atoms with van der Waals surface area (Å²) in [6, 6.07) is 5.87. The van der Waals surface area contributed by atoms with Crippen LogP contribution in [0, 0.1) is 17.2 Å². The molecule has 1 aromatic heterocycles. The van der Waals surface area contributed by atoms with Crippen molar-refractivity contribution in [2.24, 2.45) is 11.3 Å². The van der Waals surface area contributed by atoms with Crippen LogP contribution in [0.3, 0.4) is 0 Å². The summed E-state index contributed by atoms with van der Waals surface area (Å²) in [6.45, 7) is 6.72. The molecule has 28 heavy (non-hydrogen) atoms. The van der Waals surface area contributed by atoms with Crippen LogP contribution in [0.25, 0.3) is 0 Å². The number of anilines is 1. The second-order valence-corrected chi connectivity index (χ2v) is 9.75. The number of thiophene rings is 1. The average molecular weight is 403 g/mol. The molecule has 0 aliphatic heterocycles. The summed E-state index contributed by atoms with van der Waals surface area (Å²) >= 11 is 1.45. The fourth-order valence-electron chi connectivity index (χ4n) is 3.68. The minimum atomic E-state index is -0.574. The Morgan fingerprint density at radius 1 is 1.21 bits per heavy atom. The predicted molar refractivity (Wildman–Crippen MR) is 112 cm³/mol. The highest BCUT2D eigenvalue weighted by Crippen LogP contribution is 2.44. The average Bonchev–Trinajstić information content (AvgIpc) is 2.97. The van der Waals surface area contributed by atoms with Gasteiger partial charge in [0.15, 0.2) is 0 Å². The molecule has 6 heteroatoms. The minimum Gasteiger partial charge on any atom is -0.345 e. The summed E-state index contributed by atoms with van der Waals surface area (Å²) < 4.78 is 14.0. The maximum Gasteiger partial charge on any atom is 0.259 e. The van der Waals surface area contributed by atoms with Crippen LogP contribution >= 0.6 is 11.3 Å². The lowest BCUT2D eigenvalue weighted by Gasteiger charge is -2.34. The molecule has 150 valence electrons. The highest BCUT2D eigenvalue weighted by Gasteiger charge is 2.34.